The van der Waals surface area contributed by atoms with Crippen molar-refractivity contribution in [3.63, 3.8) is 0 Å². The van der Waals surface area contributed by atoms with E-state index in [1.807, 2.05) is 19.2 Å². The summed E-state index contributed by atoms with van der Waals surface area (Å²) in [5.41, 5.74) is 2.68. The Kier molecular flexibility index (Phi) is 6.07. The molecular formula is C20H24ClN3O4S. The molecule has 0 radical (unpaired) electrons. The Balaban J connectivity index is 2.20. The number of fused-ring (bicyclic) bond motifs is 1. The number of hydrogen-bond acceptors (Lipinski definition) is 5. The van der Waals surface area contributed by atoms with Crippen molar-refractivity contribution in [2.75, 3.05) is 7.11 Å². The van der Waals surface area contributed by atoms with Crippen molar-refractivity contribution < 1.29 is 17.9 Å². The third-order valence-corrected chi connectivity index (χ3v) is 6.20. The van der Waals surface area contributed by atoms with E-state index in [4.69, 9.17) is 26.2 Å². The molecule has 156 valence electrons. The van der Waals surface area contributed by atoms with Gasteiger partial charge in [0.15, 0.2) is 5.75 Å². The summed E-state index contributed by atoms with van der Waals surface area (Å²) in [5.74, 6) is 1.02. The van der Waals surface area contributed by atoms with E-state index in [0.717, 1.165) is 23.9 Å². The number of nitrogens with zero attached hydrogens (tertiary/aromatic N) is 2. The van der Waals surface area contributed by atoms with Gasteiger partial charge >= 0.3 is 6.01 Å². The summed E-state index contributed by atoms with van der Waals surface area (Å²) in [4.78, 5) is 4.38. The van der Waals surface area contributed by atoms with Crippen LogP contribution in [0.25, 0.3) is 11.0 Å². The molecule has 0 amide bonds. The molecule has 2 N–H and O–H groups in total. The summed E-state index contributed by atoms with van der Waals surface area (Å²) >= 11 is 5.94. The summed E-state index contributed by atoms with van der Waals surface area (Å²) in [6.45, 7) is 4.29. The van der Waals surface area contributed by atoms with Crippen LogP contribution in [0.2, 0.25) is 5.02 Å². The molecule has 0 unspecified atom stereocenters. The number of hydrogen-bond donors (Lipinski definition) is 1. The number of methoxy groups -OCH3 is 1. The van der Waals surface area contributed by atoms with Crippen LogP contribution in [0.15, 0.2) is 35.2 Å². The molecule has 0 aliphatic carbocycles. The lowest BCUT2D eigenvalue weighted by molar-refractivity contribution is 0.412. The largest absolute Gasteiger partial charge is 0.494 e. The van der Waals surface area contributed by atoms with Crippen LogP contribution in [0.3, 0.4) is 0 Å². The Morgan fingerprint density at radius 2 is 1.83 bits per heavy atom. The third kappa shape index (κ3) is 4.05. The van der Waals surface area contributed by atoms with Gasteiger partial charge in [0, 0.05) is 12.1 Å². The number of primary sulfonamides is 1. The first-order chi connectivity index (χ1) is 13.7. The second kappa shape index (κ2) is 8.22. The van der Waals surface area contributed by atoms with Crippen molar-refractivity contribution in [1.82, 2.24) is 9.55 Å². The van der Waals surface area contributed by atoms with Crippen molar-refractivity contribution in [2.24, 2.45) is 12.2 Å². The van der Waals surface area contributed by atoms with Gasteiger partial charge in [0.05, 0.1) is 12.6 Å². The van der Waals surface area contributed by atoms with Gasteiger partial charge in [-0.25, -0.2) is 13.6 Å². The normalized spacial score (nSPS) is 12.0. The zero-order chi connectivity index (χ0) is 21.3. The van der Waals surface area contributed by atoms with E-state index in [1.54, 1.807) is 11.7 Å². The number of benzene rings is 2. The van der Waals surface area contributed by atoms with Gasteiger partial charge in [-0.15, -0.1) is 0 Å². The van der Waals surface area contributed by atoms with E-state index < -0.39 is 10.0 Å². The average molecular weight is 438 g/mol. The molecule has 0 saturated carbocycles. The minimum absolute atomic E-state index is 0.0540. The van der Waals surface area contributed by atoms with Gasteiger partial charge in [-0.1, -0.05) is 31.5 Å². The first-order valence-corrected chi connectivity index (χ1v) is 11.2. The van der Waals surface area contributed by atoms with Crippen LogP contribution in [0, 0.1) is 0 Å². The van der Waals surface area contributed by atoms with E-state index in [0.29, 0.717) is 17.2 Å². The fourth-order valence-electron chi connectivity index (χ4n) is 3.50. The van der Waals surface area contributed by atoms with Gasteiger partial charge in [0.2, 0.25) is 10.0 Å². The fraction of sp³-hybridized carbons (Fsp3) is 0.350. The van der Waals surface area contributed by atoms with E-state index >= 15 is 0 Å². The van der Waals surface area contributed by atoms with E-state index in [2.05, 4.69) is 18.8 Å². The van der Waals surface area contributed by atoms with E-state index in [1.165, 1.54) is 18.2 Å². The molecule has 2 aromatic carbocycles. The summed E-state index contributed by atoms with van der Waals surface area (Å²) < 4.78 is 37.1. The Morgan fingerprint density at radius 3 is 2.41 bits per heavy atom. The second-order valence-corrected chi connectivity index (χ2v) is 8.73. The fourth-order valence-corrected chi connectivity index (χ4v) is 4.42. The van der Waals surface area contributed by atoms with Gasteiger partial charge in [-0.3, -0.25) is 4.57 Å². The minimum atomic E-state index is -4.03. The van der Waals surface area contributed by atoms with Crippen LogP contribution in [-0.2, 0) is 17.1 Å². The highest BCUT2D eigenvalue weighted by Gasteiger charge is 2.23. The number of aryl methyl sites for hydroxylation is 1. The number of nitrogens with two attached hydrogens (primary N) is 1. The van der Waals surface area contributed by atoms with Crippen LogP contribution in [0.4, 0.5) is 0 Å². The Hall–Kier alpha value is -2.29. The van der Waals surface area contributed by atoms with Gasteiger partial charge in [-0.05, 0) is 48.6 Å². The highest BCUT2D eigenvalue weighted by Crippen LogP contribution is 2.38. The van der Waals surface area contributed by atoms with Crippen LogP contribution < -0.4 is 14.6 Å². The Bertz CT molecular complexity index is 1150. The number of imidazole rings is 1. The van der Waals surface area contributed by atoms with Crippen LogP contribution in [0.5, 0.6) is 17.5 Å². The molecule has 0 aliphatic rings. The first kappa shape index (κ1) is 21.4. The van der Waals surface area contributed by atoms with Crippen LogP contribution in [-0.4, -0.2) is 25.1 Å². The van der Waals surface area contributed by atoms with Gasteiger partial charge in [-0.2, -0.15) is 4.98 Å². The number of rotatable bonds is 7. The lowest BCUT2D eigenvalue weighted by Gasteiger charge is -2.16. The number of aromatic nitrogens is 2. The van der Waals surface area contributed by atoms with Gasteiger partial charge in [0.1, 0.15) is 16.2 Å². The Morgan fingerprint density at radius 1 is 1.17 bits per heavy atom. The summed E-state index contributed by atoms with van der Waals surface area (Å²) in [5, 5.41) is 5.57. The predicted octanol–water partition coefficient (Wildman–Crippen LogP) is 4.58. The topological polar surface area (TPSA) is 96.4 Å². The highest BCUT2D eigenvalue weighted by molar-refractivity contribution is 7.89. The van der Waals surface area contributed by atoms with Crippen LogP contribution >= 0.6 is 11.6 Å². The van der Waals surface area contributed by atoms with E-state index in [-0.39, 0.29) is 21.7 Å². The molecule has 7 nitrogen and oxygen atoms in total. The molecule has 1 heterocycles. The maximum absolute atomic E-state index is 12.0. The predicted molar refractivity (Wildman–Crippen MR) is 113 cm³/mol. The molecule has 0 atom stereocenters. The van der Waals surface area contributed by atoms with Crippen molar-refractivity contribution in [1.29, 1.82) is 0 Å². The summed E-state index contributed by atoms with van der Waals surface area (Å²) in [7, 11) is -0.628. The SMILES string of the molecule is CCC(CC)c1ccc(OC)c2nc(Oc3ccc(Cl)cc3S(N)(=O)=O)n(C)c12. The number of sulfonamides is 1. The highest BCUT2D eigenvalue weighted by atomic mass is 35.5. The first-order valence-electron chi connectivity index (χ1n) is 9.24. The third-order valence-electron chi connectivity index (χ3n) is 5.03. The molecule has 9 heteroatoms. The van der Waals surface area contributed by atoms with E-state index in [9.17, 15) is 8.42 Å². The molecule has 1 aromatic heterocycles. The smallest absolute Gasteiger partial charge is 0.302 e. The van der Waals surface area contributed by atoms with Gasteiger partial charge in [0.25, 0.3) is 0 Å². The molecule has 0 saturated heterocycles. The molecule has 29 heavy (non-hydrogen) atoms. The molecule has 0 spiro atoms. The molecule has 0 fully saturated rings. The number of halogens is 1. The summed E-state index contributed by atoms with van der Waals surface area (Å²) in [6, 6.07) is 8.41. The molecule has 0 bridgehead atoms. The lowest BCUT2D eigenvalue weighted by atomic mass is 9.92. The zero-order valence-corrected chi connectivity index (χ0v) is 18.3. The number of ether oxygens (including phenoxy) is 2. The van der Waals surface area contributed by atoms with Crippen molar-refractivity contribution in [2.45, 2.75) is 37.5 Å². The average Bonchev–Trinajstić information content (AvgIpc) is 3.00. The standard InChI is InChI=1S/C20H24ClN3O4S/c1-5-12(6-2)14-8-10-16(27-4)18-19(14)24(3)20(23-18)28-15-9-7-13(21)11-17(15)29(22,25)26/h7-12H,5-6H2,1-4H3,(H2,22,25,26). The van der Waals surface area contributed by atoms with Crippen molar-refractivity contribution in [3.05, 3.63) is 40.9 Å². The maximum Gasteiger partial charge on any atom is 0.302 e. The molecular weight excluding hydrogens is 414 g/mol. The van der Waals surface area contributed by atoms with Crippen molar-refractivity contribution in [3.8, 4) is 17.5 Å². The quantitative estimate of drug-likeness (QED) is 0.583. The van der Waals surface area contributed by atoms with Crippen molar-refractivity contribution >= 4 is 32.7 Å². The lowest BCUT2D eigenvalue weighted by Crippen LogP contribution is -2.13. The summed E-state index contributed by atoms with van der Waals surface area (Å²) in [6.07, 6.45) is 1.96. The second-order valence-electron chi connectivity index (χ2n) is 6.76. The zero-order valence-electron chi connectivity index (χ0n) is 16.8. The monoisotopic (exact) mass is 437 g/mol. The van der Waals surface area contributed by atoms with Crippen LogP contribution in [0.1, 0.15) is 38.2 Å². The minimum Gasteiger partial charge on any atom is -0.494 e. The molecule has 3 aromatic rings. The molecule has 3 rings (SSSR count). The molecule has 0 aliphatic heterocycles. The Labute approximate surface area is 175 Å². The maximum atomic E-state index is 12.0. The van der Waals surface area contributed by atoms with Gasteiger partial charge < -0.3 is 9.47 Å².